The minimum Gasteiger partial charge on any atom is -0.457 e. The van der Waals surface area contributed by atoms with E-state index in [1.54, 1.807) is 24.4 Å². The Bertz CT molecular complexity index is 4800. The van der Waals surface area contributed by atoms with Crippen LogP contribution in [0.25, 0.3) is 72.1 Å². The van der Waals surface area contributed by atoms with Crippen LogP contribution < -0.4 is 19.3 Å². The lowest BCUT2D eigenvalue weighted by Crippen LogP contribution is -2.24. The summed E-state index contributed by atoms with van der Waals surface area (Å²) < 4.78 is 104. The van der Waals surface area contributed by atoms with Gasteiger partial charge in [0.25, 0.3) is 0 Å². The lowest BCUT2D eigenvalue weighted by molar-refractivity contribution is 0.483. The third-order valence-electron chi connectivity index (χ3n) is 15.8. The molecule has 0 saturated carbocycles. The fourth-order valence-electron chi connectivity index (χ4n) is 11.3. The highest BCUT2D eigenvalue weighted by atomic mass is 16.5. The number of fused-ring (bicyclic) bond motifs is 4. The summed E-state index contributed by atoms with van der Waals surface area (Å²) in [5.41, 5.74) is 11.9. The summed E-state index contributed by atoms with van der Waals surface area (Å²) in [6.45, 7) is 20.2. The molecule has 6 heteroatoms. The van der Waals surface area contributed by atoms with Crippen LogP contribution in [0.1, 0.15) is 92.7 Å². The number of ether oxygens (including phenoxy) is 2. The van der Waals surface area contributed by atoms with Gasteiger partial charge in [0.05, 0.1) is 41.8 Å². The van der Waals surface area contributed by atoms with Crippen LogP contribution in [0.5, 0.6) is 23.0 Å². The SMILES string of the molecule is [2H]c1c([2H])c([2H])c(-c2cccc(-c3c([2H])c([2H])c([2H])c([2H])c3[2H])c2N2CN(c3cccc(Oc4ccc5c6ccccc6n(-c6cc(Oc7c(-c8ccc(C(C)(C)C)cc8)cc(C(C)(C)C)cc7-c7ccc(C(C)(C)C)cc7)ccn6)c5c4)c3)c3ccccc32)c([2H])c1[2H]. The molecule has 3 heterocycles. The van der Waals surface area contributed by atoms with Gasteiger partial charge in [-0.05, 0) is 116 Å². The molecule has 84 heavy (non-hydrogen) atoms. The quantitative estimate of drug-likeness (QED) is 0.129. The second-order valence-corrected chi connectivity index (χ2v) is 24.6. The zero-order valence-corrected chi connectivity index (χ0v) is 48.7. The normalized spacial score (nSPS) is 14.4. The first-order chi connectivity index (χ1) is 44.7. The van der Waals surface area contributed by atoms with Crippen molar-refractivity contribution in [3.63, 3.8) is 0 Å². The van der Waals surface area contributed by atoms with Crippen LogP contribution in [0.3, 0.4) is 0 Å². The first-order valence-corrected chi connectivity index (χ1v) is 28.5. The maximum atomic E-state index is 9.14. The number of benzene rings is 10. The predicted octanol–water partition coefficient (Wildman–Crippen LogP) is 21.6. The Morgan fingerprint density at radius 1 is 0.405 bits per heavy atom. The van der Waals surface area contributed by atoms with E-state index in [9.17, 15) is 0 Å². The minimum absolute atomic E-state index is 0.0306. The zero-order valence-electron chi connectivity index (χ0n) is 58.7. The van der Waals surface area contributed by atoms with Crippen LogP contribution in [0, 0.1) is 0 Å². The highest BCUT2D eigenvalue weighted by Crippen LogP contribution is 2.51. The first-order valence-electron chi connectivity index (χ1n) is 33.5. The Labute approximate surface area is 508 Å². The molecule has 414 valence electrons. The van der Waals surface area contributed by atoms with Gasteiger partial charge in [-0.3, -0.25) is 4.57 Å². The number of aromatic nitrogens is 2. The van der Waals surface area contributed by atoms with Crippen molar-refractivity contribution in [2.45, 2.75) is 78.6 Å². The molecule has 2 aromatic heterocycles. The van der Waals surface area contributed by atoms with Gasteiger partial charge in [-0.25, -0.2) is 4.98 Å². The minimum atomic E-state index is -0.559. The van der Waals surface area contributed by atoms with Gasteiger partial charge in [0.1, 0.15) is 35.5 Å². The summed E-state index contributed by atoms with van der Waals surface area (Å²) >= 11 is 0. The molecule has 0 fully saturated rings. The fraction of sp³-hybridized carbons (Fsp3) is 0.167. The van der Waals surface area contributed by atoms with Crippen LogP contribution in [-0.4, -0.2) is 16.2 Å². The van der Waals surface area contributed by atoms with Gasteiger partial charge in [0, 0.05) is 63.1 Å². The van der Waals surface area contributed by atoms with Crippen LogP contribution in [-0.2, 0) is 16.2 Å². The Kier molecular flexibility index (Phi) is 10.9. The van der Waals surface area contributed by atoms with Crippen molar-refractivity contribution in [1.29, 1.82) is 0 Å². The van der Waals surface area contributed by atoms with E-state index in [0.29, 0.717) is 28.8 Å². The van der Waals surface area contributed by atoms with Gasteiger partial charge in [0.2, 0.25) is 0 Å². The molecule has 13 rings (SSSR count). The molecular formula is C78H70N4O2. The van der Waals surface area contributed by atoms with Crippen molar-refractivity contribution in [3.05, 3.63) is 265 Å². The van der Waals surface area contributed by atoms with Gasteiger partial charge in [-0.1, -0.05) is 226 Å². The maximum Gasteiger partial charge on any atom is 0.143 e. The van der Waals surface area contributed by atoms with Crippen molar-refractivity contribution >= 4 is 44.6 Å². The van der Waals surface area contributed by atoms with E-state index >= 15 is 0 Å². The second-order valence-electron chi connectivity index (χ2n) is 24.6. The van der Waals surface area contributed by atoms with Crippen molar-refractivity contribution in [2.24, 2.45) is 0 Å². The average molecular weight is 1110 g/mol. The van der Waals surface area contributed by atoms with Gasteiger partial charge in [-0.2, -0.15) is 0 Å². The summed E-state index contributed by atoms with van der Waals surface area (Å²) in [4.78, 5) is 8.99. The highest BCUT2D eigenvalue weighted by molar-refractivity contribution is 6.09. The molecule has 0 radical (unpaired) electrons. The molecule has 0 bridgehead atoms. The molecule has 0 aliphatic carbocycles. The largest absolute Gasteiger partial charge is 0.457 e. The van der Waals surface area contributed by atoms with E-state index in [-0.39, 0.29) is 50.9 Å². The molecule has 0 N–H and O–H groups in total. The summed E-state index contributed by atoms with van der Waals surface area (Å²) in [5, 5.41) is 2.02. The summed E-state index contributed by atoms with van der Waals surface area (Å²) in [5.74, 6) is 3.06. The molecule has 1 aliphatic rings. The van der Waals surface area contributed by atoms with E-state index in [1.807, 2.05) is 94.7 Å². The lowest BCUT2D eigenvalue weighted by Gasteiger charge is -2.27. The highest BCUT2D eigenvalue weighted by Gasteiger charge is 2.32. The number of hydrogen-bond acceptors (Lipinski definition) is 5. The Hall–Kier alpha value is -9.65. The van der Waals surface area contributed by atoms with Crippen molar-refractivity contribution < 1.29 is 23.2 Å². The Morgan fingerprint density at radius 3 is 1.52 bits per heavy atom. The Morgan fingerprint density at radius 2 is 0.929 bits per heavy atom. The maximum absolute atomic E-state index is 9.14. The van der Waals surface area contributed by atoms with Crippen LogP contribution in [0.2, 0.25) is 0 Å². The molecule has 0 atom stereocenters. The van der Waals surface area contributed by atoms with E-state index < -0.39 is 60.4 Å². The second kappa shape index (κ2) is 21.3. The lowest BCUT2D eigenvalue weighted by atomic mass is 9.81. The van der Waals surface area contributed by atoms with Crippen molar-refractivity contribution in [2.75, 3.05) is 16.5 Å². The molecule has 12 aromatic rings. The molecule has 1 aliphatic heterocycles. The summed E-state index contributed by atoms with van der Waals surface area (Å²) in [7, 11) is 0. The van der Waals surface area contributed by atoms with Crippen molar-refractivity contribution in [1.82, 2.24) is 9.55 Å². The number of rotatable bonds is 11. The average Bonchev–Trinajstić information content (AvgIpc) is 1.38. The molecule has 0 amide bonds. The third kappa shape index (κ3) is 10.3. The molecular weight excluding hydrogens is 1020 g/mol. The smallest absolute Gasteiger partial charge is 0.143 e. The topological polar surface area (TPSA) is 42.8 Å². The van der Waals surface area contributed by atoms with Gasteiger partial charge < -0.3 is 19.3 Å². The monoisotopic (exact) mass is 1100 g/mol. The zero-order chi connectivity index (χ0) is 66.6. The van der Waals surface area contributed by atoms with Gasteiger partial charge >= 0.3 is 0 Å². The first kappa shape index (κ1) is 43.1. The van der Waals surface area contributed by atoms with E-state index in [1.165, 1.54) is 16.7 Å². The molecule has 10 aromatic carbocycles. The number of hydrogen-bond donors (Lipinski definition) is 0. The van der Waals surface area contributed by atoms with Crippen molar-refractivity contribution in [3.8, 4) is 73.3 Å². The van der Waals surface area contributed by atoms with Crippen LogP contribution >= 0.6 is 0 Å². The number of para-hydroxylation sites is 4. The van der Waals surface area contributed by atoms with Crippen LogP contribution in [0.4, 0.5) is 22.7 Å². The fourth-order valence-corrected chi connectivity index (χ4v) is 11.3. The molecule has 0 unspecified atom stereocenters. The van der Waals surface area contributed by atoms with Gasteiger partial charge in [-0.15, -0.1) is 0 Å². The third-order valence-corrected chi connectivity index (χ3v) is 15.8. The summed E-state index contributed by atoms with van der Waals surface area (Å²) in [6.07, 6.45) is 1.79. The van der Waals surface area contributed by atoms with E-state index in [0.717, 1.165) is 61.2 Å². The molecule has 6 nitrogen and oxygen atoms in total. The molecule has 0 spiro atoms. The number of anilines is 4. The van der Waals surface area contributed by atoms with E-state index in [4.69, 9.17) is 28.2 Å². The Balaban J connectivity index is 0.887. The predicted molar refractivity (Wildman–Crippen MR) is 351 cm³/mol. The molecule has 0 saturated heterocycles. The van der Waals surface area contributed by atoms with E-state index in [2.05, 4.69) is 146 Å². The standard InChI is InChI=1S/C78H70N4O2/c1-76(2,3)56-38-34-54(35-39-56)67-46-58(78(7,8)9)47-68(55-36-40-57(41-37-55)77(4,5)6)75(67)84-62-44-45-79-73(50-62)82-69-31-17-16-28-65(69)66-43-42-61(49-72(66)82)83-60-27-20-26-59(48-60)80-51-81(71-33-19-18-32-70(71)80)74-63(52-22-12-10-13-23-52)29-21-30-64(74)53-24-14-11-15-25-53/h10-50H,51H2,1-9H3/i10D,11D,12D,13D,14D,15D,22D,23D,24D,25D. The number of nitrogens with zero attached hydrogens (tertiary/aromatic N) is 4. The number of pyridine rings is 1. The van der Waals surface area contributed by atoms with Gasteiger partial charge in [0.15, 0.2) is 0 Å². The van der Waals surface area contributed by atoms with Crippen LogP contribution in [0.15, 0.2) is 249 Å². The summed E-state index contributed by atoms with van der Waals surface area (Å²) in [6, 6.07) is 55.5.